The van der Waals surface area contributed by atoms with E-state index in [0.717, 1.165) is 5.56 Å². The molecule has 2 aliphatic heterocycles. The van der Waals surface area contributed by atoms with Crippen molar-refractivity contribution in [2.45, 2.75) is 37.2 Å². The Balaban J connectivity index is 1.42. The third-order valence-electron chi connectivity index (χ3n) is 4.42. The van der Waals surface area contributed by atoms with Crippen LogP contribution in [0.25, 0.3) is 0 Å². The summed E-state index contributed by atoms with van der Waals surface area (Å²) in [5.41, 5.74) is 0.449. The second-order valence-electron chi connectivity index (χ2n) is 6.46. The first-order chi connectivity index (χ1) is 13.3. The highest BCUT2D eigenvalue weighted by Crippen LogP contribution is 2.50. The van der Waals surface area contributed by atoms with Crippen molar-refractivity contribution in [3.05, 3.63) is 56.2 Å². The Morgan fingerprint density at radius 3 is 2.96 bits per heavy atom. The quantitative estimate of drug-likeness (QED) is 0.453. The molecule has 12 heteroatoms. The lowest BCUT2D eigenvalue weighted by Gasteiger charge is -2.36. The Bertz CT molecular complexity index is 1000. The molecule has 1 aromatic carbocycles. The minimum Gasteiger partial charge on any atom is -0.426 e. The number of nitrogens with zero attached hydrogens (tertiary/aromatic N) is 1. The van der Waals surface area contributed by atoms with Gasteiger partial charge in [0.15, 0.2) is 0 Å². The Labute approximate surface area is 175 Å². The van der Waals surface area contributed by atoms with Crippen LogP contribution in [0.4, 0.5) is 0 Å². The topological polar surface area (TPSA) is 74.7 Å². The minimum atomic E-state index is -1.81. The van der Waals surface area contributed by atoms with Crippen molar-refractivity contribution in [1.29, 1.82) is 0 Å². The van der Waals surface area contributed by atoms with Crippen LogP contribution in [0.15, 0.2) is 35.3 Å². The van der Waals surface area contributed by atoms with E-state index in [-0.39, 0.29) is 12.3 Å². The number of halogens is 1. The molecule has 0 bridgehead atoms. The highest BCUT2D eigenvalue weighted by Gasteiger charge is 2.41. The highest BCUT2D eigenvalue weighted by molar-refractivity contribution is 7.71. The number of aromatic nitrogens is 2. The molecular weight excluding hydrogens is 420 g/mol. The van der Waals surface area contributed by atoms with Gasteiger partial charge in [-0.05, 0) is 37.1 Å². The van der Waals surface area contributed by atoms with E-state index in [9.17, 15) is 4.79 Å². The first kappa shape index (κ1) is 20.1. The number of nitrogens with one attached hydrogen (secondary N) is 1. The molecular formula is C16H14B2ClN2O5PS. The van der Waals surface area contributed by atoms with Gasteiger partial charge in [0.25, 0.3) is 0 Å². The van der Waals surface area contributed by atoms with Crippen molar-refractivity contribution in [3.63, 3.8) is 0 Å². The zero-order valence-corrected chi connectivity index (χ0v) is 17.0. The number of fused-ring (bicyclic) bond motifs is 1. The van der Waals surface area contributed by atoms with Crippen molar-refractivity contribution in [2.75, 3.05) is 0 Å². The van der Waals surface area contributed by atoms with E-state index in [1.165, 1.54) is 4.57 Å². The number of benzene rings is 1. The zero-order valence-electron chi connectivity index (χ0n) is 14.5. The summed E-state index contributed by atoms with van der Waals surface area (Å²) in [5, 5.41) is -1.07. The molecule has 3 unspecified atom stereocenters. The molecule has 28 heavy (non-hydrogen) atoms. The van der Waals surface area contributed by atoms with Gasteiger partial charge in [0.1, 0.15) is 32.3 Å². The van der Waals surface area contributed by atoms with E-state index in [1.54, 1.807) is 30.5 Å². The normalized spacial score (nSPS) is 24.5. The van der Waals surface area contributed by atoms with Crippen LogP contribution in [-0.2, 0) is 20.4 Å². The summed E-state index contributed by atoms with van der Waals surface area (Å²) in [6.45, 7) is 0.268. The summed E-state index contributed by atoms with van der Waals surface area (Å²) in [6.07, 6.45) is 1.42. The SMILES string of the molecule is [B]C([B])(OP1OCc2cc(Cl)ccc2O1)C1CCC(n2ccc(=S)[nH]c2=O)O1. The smallest absolute Gasteiger partial charge is 0.396 e. The summed E-state index contributed by atoms with van der Waals surface area (Å²) in [6, 6.07) is 6.82. The van der Waals surface area contributed by atoms with Gasteiger partial charge in [-0.1, -0.05) is 23.8 Å². The van der Waals surface area contributed by atoms with Gasteiger partial charge in [-0.25, -0.2) is 4.79 Å². The van der Waals surface area contributed by atoms with Gasteiger partial charge in [-0.15, -0.1) is 0 Å². The van der Waals surface area contributed by atoms with Gasteiger partial charge in [0.2, 0.25) is 0 Å². The third kappa shape index (κ3) is 4.22. The van der Waals surface area contributed by atoms with Crippen molar-refractivity contribution in [2.24, 2.45) is 0 Å². The predicted molar refractivity (Wildman–Crippen MR) is 108 cm³/mol. The average Bonchev–Trinajstić information content (AvgIpc) is 3.12. The zero-order chi connectivity index (χ0) is 19.9. The fourth-order valence-corrected chi connectivity index (χ4v) is 4.47. The molecule has 0 aliphatic carbocycles. The Kier molecular flexibility index (Phi) is 5.71. The van der Waals surface area contributed by atoms with E-state index in [0.29, 0.717) is 28.3 Å². The molecule has 0 amide bonds. The van der Waals surface area contributed by atoms with E-state index in [2.05, 4.69) is 4.98 Å². The summed E-state index contributed by atoms with van der Waals surface area (Å²) in [5.74, 6) is 0.605. The first-order valence-electron chi connectivity index (χ1n) is 8.45. The van der Waals surface area contributed by atoms with E-state index >= 15 is 0 Å². The van der Waals surface area contributed by atoms with Crippen LogP contribution in [0.1, 0.15) is 24.6 Å². The van der Waals surface area contributed by atoms with Crippen molar-refractivity contribution in [1.82, 2.24) is 9.55 Å². The fourth-order valence-electron chi connectivity index (χ4n) is 3.02. The van der Waals surface area contributed by atoms with Crippen LogP contribution in [0.2, 0.25) is 5.02 Å². The fraction of sp³-hybridized carbons (Fsp3) is 0.375. The van der Waals surface area contributed by atoms with Crippen LogP contribution in [0.3, 0.4) is 0 Å². The van der Waals surface area contributed by atoms with Gasteiger partial charge in [-0.2, -0.15) is 0 Å². The summed E-state index contributed by atoms with van der Waals surface area (Å²) < 4.78 is 24.6. The number of ether oxygens (including phenoxy) is 1. The molecule has 0 saturated carbocycles. The largest absolute Gasteiger partial charge is 0.426 e. The van der Waals surface area contributed by atoms with Gasteiger partial charge in [-0.3, -0.25) is 14.1 Å². The standard InChI is InChI=1S/C16H14B2ClN2O5PS/c17-16(18,26-27-23-8-9-7-10(19)1-2-11(9)25-27)12-3-4-14(24-12)21-6-5-13(28)20-15(21)22/h1-2,5-7,12,14H,3-4,8H2,(H,20,22,28). The average molecular weight is 434 g/mol. The molecule has 3 heterocycles. The lowest BCUT2D eigenvalue weighted by atomic mass is 9.61. The number of rotatable bonds is 4. The van der Waals surface area contributed by atoms with E-state index in [1.807, 2.05) is 0 Å². The molecule has 142 valence electrons. The maximum absolute atomic E-state index is 12.1. The number of H-pyrrole nitrogens is 1. The summed E-state index contributed by atoms with van der Waals surface area (Å²) >= 11 is 10.9. The van der Waals surface area contributed by atoms with Crippen molar-refractivity contribution < 1.29 is 18.3 Å². The molecule has 1 fully saturated rings. The molecule has 1 N–H and O–H groups in total. The predicted octanol–water partition coefficient (Wildman–Crippen LogP) is 3.08. The number of hydrogen-bond acceptors (Lipinski definition) is 6. The number of aromatic amines is 1. The van der Waals surface area contributed by atoms with Gasteiger partial charge in [0, 0.05) is 22.2 Å². The molecule has 4 rings (SSSR count). The second kappa shape index (κ2) is 7.94. The van der Waals surface area contributed by atoms with Crippen molar-refractivity contribution in [3.8, 4) is 5.75 Å². The van der Waals surface area contributed by atoms with E-state index < -0.39 is 26.3 Å². The lowest BCUT2D eigenvalue weighted by molar-refractivity contribution is -0.0468. The summed E-state index contributed by atoms with van der Waals surface area (Å²) in [7, 11) is 10.5. The molecule has 2 aliphatic rings. The molecule has 0 spiro atoms. The van der Waals surface area contributed by atoms with Crippen LogP contribution in [0.5, 0.6) is 5.75 Å². The molecule has 7 nitrogen and oxygen atoms in total. The highest BCUT2D eigenvalue weighted by atomic mass is 35.5. The van der Waals surface area contributed by atoms with Gasteiger partial charge < -0.3 is 13.8 Å². The first-order valence-corrected chi connectivity index (χ1v) is 10.3. The Morgan fingerprint density at radius 1 is 1.36 bits per heavy atom. The molecule has 2 aromatic rings. The monoisotopic (exact) mass is 434 g/mol. The van der Waals surface area contributed by atoms with E-state index in [4.69, 9.17) is 57.8 Å². The molecule has 3 atom stereocenters. The van der Waals surface area contributed by atoms with Gasteiger partial charge >= 0.3 is 14.3 Å². The third-order valence-corrected chi connectivity index (χ3v) is 6.04. The Morgan fingerprint density at radius 2 is 2.18 bits per heavy atom. The maximum Gasteiger partial charge on any atom is 0.396 e. The number of hydrogen-bond donors (Lipinski definition) is 1. The summed E-state index contributed by atoms with van der Waals surface area (Å²) in [4.78, 5) is 14.6. The van der Waals surface area contributed by atoms with Crippen LogP contribution < -0.4 is 10.2 Å². The maximum atomic E-state index is 12.1. The molecule has 4 radical (unpaired) electrons. The molecule has 1 aromatic heterocycles. The Hall–Kier alpha value is -1.15. The lowest BCUT2D eigenvalue weighted by Crippen LogP contribution is -2.45. The minimum absolute atomic E-state index is 0.268. The van der Waals surface area contributed by atoms with Crippen LogP contribution in [-0.4, -0.2) is 36.7 Å². The van der Waals surface area contributed by atoms with Crippen molar-refractivity contribution >= 4 is 48.1 Å². The van der Waals surface area contributed by atoms with Crippen LogP contribution in [0, 0.1) is 4.64 Å². The van der Waals surface area contributed by atoms with Crippen LogP contribution >= 0.6 is 32.4 Å². The second-order valence-corrected chi connectivity index (χ2v) is 8.41. The molecule has 1 saturated heterocycles. The van der Waals surface area contributed by atoms with Gasteiger partial charge in [0.05, 0.1) is 12.7 Å².